The highest BCUT2D eigenvalue weighted by atomic mass is 16.4. The third kappa shape index (κ3) is 2.76. The van der Waals surface area contributed by atoms with Gasteiger partial charge in [-0.1, -0.05) is 12.8 Å². The van der Waals surface area contributed by atoms with Crippen molar-refractivity contribution in [3.8, 4) is 0 Å². The van der Waals surface area contributed by atoms with Gasteiger partial charge in [0.25, 0.3) is 0 Å². The summed E-state index contributed by atoms with van der Waals surface area (Å²) in [5.74, 6) is -0.653. The van der Waals surface area contributed by atoms with Gasteiger partial charge in [0.2, 0.25) is 0 Å². The Kier molecular flexibility index (Phi) is 4.09. The topological polar surface area (TPSA) is 95.3 Å². The molecule has 6 heteroatoms. The number of nitrogens with one attached hydrogen (secondary N) is 1. The Morgan fingerprint density at radius 3 is 2.78 bits per heavy atom. The minimum Gasteiger partial charge on any atom is -0.476 e. The molecule has 0 aromatic carbocycles. The van der Waals surface area contributed by atoms with Gasteiger partial charge in [0.15, 0.2) is 11.5 Å². The van der Waals surface area contributed by atoms with Gasteiger partial charge in [-0.2, -0.15) is 0 Å². The number of hydrogen-bond donors (Lipinski definition) is 3. The molecule has 1 aliphatic rings. The Morgan fingerprint density at radius 2 is 2.06 bits per heavy atom. The molecule has 98 valence electrons. The average Bonchev–Trinajstić information content (AvgIpc) is 2.40. The lowest BCUT2D eigenvalue weighted by Gasteiger charge is -2.31. The van der Waals surface area contributed by atoms with Crippen molar-refractivity contribution in [1.82, 2.24) is 9.97 Å². The summed E-state index contributed by atoms with van der Waals surface area (Å²) in [6.45, 7) is 0.111. The van der Waals surface area contributed by atoms with Crippen LogP contribution in [0.25, 0.3) is 0 Å². The zero-order valence-corrected chi connectivity index (χ0v) is 10.0. The fourth-order valence-electron chi connectivity index (χ4n) is 2.39. The average molecular weight is 251 g/mol. The Balaban J connectivity index is 2.15. The normalized spacial score (nSPS) is 23.6. The molecule has 1 fully saturated rings. The summed E-state index contributed by atoms with van der Waals surface area (Å²) in [4.78, 5) is 18.9. The van der Waals surface area contributed by atoms with Crippen LogP contribution in [0.1, 0.15) is 36.2 Å². The first-order valence-electron chi connectivity index (χ1n) is 6.14. The van der Waals surface area contributed by atoms with Crippen LogP contribution < -0.4 is 5.32 Å². The summed E-state index contributed by atoms with van der Waals surface area (Å²) < 4.78 is 0. The maximum Gasteiger partial charge on any atom is 0.358 e. The Labute approximate surface area is 105 Å². The van der Waals surface area contributed by atoms with E-state index in [9.17, 15) is 9.90 Å². The molecule has 3 N–H and O–H groups in total. The predicted molar refractivity (Wildman–Crippen MR) is 65.4 cm³/mol. The fraction of sp³-hybridized carbons (Fsp3) is 0.583. The van der Waals surface area contributed by atoms with Gasteiger partial charge in [-0.05, 0) is 12.8 Å². The number of aromatic nitrogens is 2. The van der Waals surface area contributed by atoms with Gasteiger partial charge in [-0.3, -0.25) is 0 Å². The summed E-state index contributed by atoms with van der Waals surface area (Å²) in [7, 11) is 0. The fourth-order valence-corrected chi connectivity index (χ4v) is 2.39. The van der Waals surface area contributed by atoms with Crippen molar-refractivity contribution in [2.45, 2.75) is 31.7 Å². The molecule has 2 rings (SSSR count). The second-order valence-electron chi connectivity index (χ2n) is 4.54. The molecule has 6 nitrogen and oxygen atoms in total. The molecule has 2 unspecified atom stereocenters. The van der Waals surface area contributed by atoms with Gasteiger partial charge in [-0.15, -0.1) is 0 Å². The zero-order chi connectivity index (χ0) is 13.0. The largest absolute Gasteiger partial charge is 0.476 e. The Bertz CT molecular complexity index is 425. The molecule has 1 saturated carbocycles. The minimum atomic E-state index is -1.10. The number of anilines is 1. The number of carbonyl (C=O) groups is 1. The predicted octanol–water partition coefficient (Wildman–Crippen LogP) is 1.14. The van der Waals surface area contributed by atoms with Crippen LogP contribution >= 0.6 is 0 Å². The van der Waals surface area contributed by atoms with E-state index in [1.165, 1.54) is 12.4 Å². The number of carboxylic acids is 1. The highest BCUT2D eigenvalue weighted by Crippen LogP contribution is 2.27. The standard InChI is InChI=1S/C12H17N3O3/c16-7-8-3-1-2-4-9(8)15-11-10(12(17)18)13-5-6-14-11/h5-6,8-9,16H,1-4,7H2,(H,14,15)(H,17,18). The lowest BCUT2D eigenvalue weighted by atomic mass is 9.85. The van der Waals surface area contributed by atoms with E-state index in [2.05, 4.69) is 15.3 Å². The number of aliphatic hydroxyl groups is 1. The van der Waals surface area contributed by atoms with Crippen LogP contribution in [0.15, 0.2) is 12.4 Å². The molecule has 2 atom stereocenters. The van der Waals surface area contributed by atoms with Gasteiger partial charge in [0.1, 0.15) is 0 Å². The molecule has 0 bridgehead atoms. The summed E-state index contributed by atoms with van der Waals surface area (Å²) in [6.07, 6.45) is 6.88. The molecular weight excluding hydrogens is 234 g/mol. The molecular formula is C12H17N3O3. The van der Waals surface area contributed by atoms with E-state index in [0.29, 0.717) is 0 Å². The molecule has 1 aliphatic carbocycles. The summed E-state index contributed by atoms with van der Waals surface area (Å²) in [5.41, 5.74) is -0.0697. The number of aromatic carboxylic acids is 1. The number of rotatable bonds is 4. The third-order valence-electron chi connectivity index (χ3n) is 3.37. The second-order valence-corrected chi connectivity index (χ2v) is 4.54. The van der Waals surface area contributed by atoms with Crippen LogP contribution in [0.4, 0.5) is 5.82 Å². The number of hydrogen-bond acceptors (Lipinski definition) is 5. The van der Waals surface area contributed by atoms with Crippen LogP contribution in [-0.2, 0) is 0 Å². The second kappa shape index (κ2) is 5.77. The van der Waals surface area contributed by atoms with Crippen LogP contribution in [0.5, 0.6) is 0 Å². The summed E-state index contributed by atoms with van der Waals surface area (Å²) >= 11 is 0. The maximum atomic E-state index is 11.0. The van der Waals surface area contributed by atoms with Crippen LogP contribution in [0.2, 0.25) is 0 Å². The van der Waals surface area contributed by atoms with Gasteiger partial charge in [-0.25, -0.2) is 14.8 Å². The highest BCUT2D eigenvalue weighted by Gasteiger charge is 2.26. The highest BCUT2D eigenvalue weighted by molar-refractivity contribution is 5.90. The molecule has 1 aromatic rings. The van der Waals surface area contributed by atoms with Crippen molar-refractivity contribution in [3.63, 3.8) is 0 Å². The van der Waals surface area contributed by atoms with Gasteiger partial charge >= 0.3 is 5.97 Å². The molecule has 0 saturated heterocycles. The van der Waals surface area contributed by atoms with E-state index in [-0.39, 0.29) is 30.1 Å². The van der Waals surface area contributed by atoms with E-state index in [4.69, 9.17) is 5.11 Å². The molecule has 1 aromatic heterocycles. The maximum absolute atomic E-state index is 11.0. The van der Waals surface area contributed by atoms with Crippen molar-refractivity contribution in [1.29, 1.82) is 0 Å². The van der Waals surface area contributed by atoms with Crippen LogP contribution in [0, 0.1) is 5.92 Å². The molecule has 0 spiro atoms. The molecule has 0 aliphatic heterocycles. The summed E-state index contributed by atoms with van der Waals surface area (Å²) in [5, 5.41) is 21.5. The summed E-state index contributed by atoms with van der Waals surface area (Å²) in [6, 6.07) is 0.0681. The molecule has 18 heavy (non-hydrogen) atoms. The smallest absolute Gasteiger partial charge is 0.358 e. The Morgan fingerprint density at radius 1 is 1.33 bits per heavy atom. The Hall–Kier alpha value is -1.69. The minimum absolute atomic E-state index is 0.0681. The van der Waals surface area contributed by atoms with Crippen LogP contribution in [-0.4, -0.2) is 38.8 Å². The van der Waals surface area contributed by atoms with Crippen molar-refractivity contribution in [2.24, 2.45) is 5.92 Å². The van der Waals surface area contributed by atoms with Gasteiger partial charge in [0, 0.05) is 31.0 Å². The van der Waals surface area contributed by atoms with Crippen molar-refractivity contribution in [3.05, 3.63) is 18.1 Å². The number of aliphatic hydroxyl groups excluding tert-OH is 1. The SMILES string of the molecule is O=C(O)c1nccnc1NC1CCCCC1CO. The molecule has 0 amide bonds. The number of carboxylic acid groups (broad SMARTS) is 1. The molecule has 1 heterocycles. The van der Waals surface area contributed by atoms with E-state index in [0.717, 1.165) is 25.7 Å². The van der Waals surface area contributed by atoms with Gasteiger partial charge in [0.05, 0.1) is 0 Å². The van der Waals surface area contributed by atoms with E-state index >= 15 is 0 Å². The van der Waals surface area contributed by atoms with E-state index in [1.54, 1.807) is 0 Å². The van der Waals surface area contributed by atoms with Crippen molar-refractivity contribution >= 4 is 11.8 Å². The van der Waals surface area contributed by atoms with Crippen molar-refractivity contribution < 1.29 is 15.0 Å². The number of nitrogens with zero attached hydrogens (tertiary/aromatic N) is 2. The first-order chi connectivity index (χ1) is 8.72. The van der Waals surface area contributed by atoms with Gasteiger partial charge < -0.3 is 15.5 Å². The first kappa shape index (κ1) is 12.8. The lowest BCUT2D eigenvalue weighted by Crippen LogP contribution is -2.35. The van der Waals surface area contributed by atoms with E-state index in [1.807, 2.05) is 0 Å². The van der Waals surface area contributed by atoms with E-state index < -0.39 is 5.97 Å². The monoisotopic (exact) mass is 251 g/mol. The molecule has 0 radical (unpaired) electrons. The first-order valence-corrected chi connectivity index (χ1v) is 6.14. The lowest BCUT2D eigenvalue weighted by molar-refractivity contribution is 0.0691. The van der Waals surface area contributed by atoms with Crippen LogP contribution in [0.3, 0.4) is 0 Å². The quantitative estimate of drug-likeness (QED) is 0.742. The third-order valence-corrected chi connectivity index (χ3v) is 3.37. The zero-order valence-electron chi connectivity index (χ0n) is 10.0. The van der Waals surface area contributed by atoms with Crippen molar-refractivity contribution in [2.75, 3.05) is 11.9 Å².